The number of aromatic amines is 1. The van der Waals surface area contributed by atoms with Gasteiger partial charge in [0.2, 0.25) is 5.91 Å². The molecule has 0 spiro atoms. The number of H-pyrrole nitrogens is 1. The number of amides is 1. The first kappa shape index (κ1) is 18.6. The van der Waals surface area contributed by atoms with Crippen molar-refractivity contribution in [1.29, 1.82) is 5.26 Å². The number of nitrogens with zero attached hydrogens (tertiary/aromatic N) is 2. The van der Waals surface area contributed by atoms with Gasteiger partial charge in [-0.25, -0.2) is 4.39 Å². The van der Waals surface area contributed by atoms with Crippen LogP contribution in [-0.2, 0) is 11.2 Å². The fourth-order valence-electron chi connectivity index (χ4n) is 3.77. The van der Waals surface area contributed by atoms with Crippen molar-refractivity contribution in [1.82, 2.24) is 15.3 Å². The normalized spacial score (nSPS) is 14.9. The summed E-state index contributed by atoms with van der Waals surface area (Å²) in [5.41, 5.74) is 2.47. The third-order valence-corrected chi connectivity index (χ3v) is 5.14. The van der Waals surface area contributed by atoms with Gasteiger partial charge < -0.3 is 15.0 Å². The highest BCUT2D eigenvalue weighted by atomic mass is 19.1. The maximum Gasteiger partial charge on any atom is 0.252 e. The minimum Gasteiger partial charge on any atom is -0.491 e. The third kappa shape index (κ3) is 3.21. The number of halogens is 1. The van der Waals surface area contributed by atoms with Crippen LogP contribution in [0.15, 0.2) is 29.2 Å². The molecule has 0 unspecified atom stereocenters. The van der Waals surface area contributed by atoms with Crippen LogP contribution in [0.25, 0.3) is 10.9 Å². The van der Waals surface area contributed by atoms with Crippen LogP contribution in [0.3, 0.4) is 0 Å². The van der Waals surface area contributed by atoms with Crippen molar-refractivity contribution in [2.75, 3.05) is 6.61 Å². The predicted molar refractivity (Wildman–Crippen MR) is 103 cm³/mol. The van der Waals surface area contributed by atoms with E-state index in [0.29, 0.717) is 16.6 Å². The average Bonchev–Trinajstić information content (AvgIpc) is 3.08. The van der Waals surface area contributed by atoms with E-state index in [1.165, 1.54) is 6.07 Å². The lowest BCUT2D eigenvalue weighted by Gasteiger charge is -2.14. The van der Waals surface area contributed by atoms with Crippen molar-refractivity contribution >= 4 is 16.8 Å². The lowest BCUT2D eigenvalue weighted by molar-refractivity contribution is -0.121. The molecule has 1 amide bonds. The van der Waals surface area contributed by atoms with Gasteiger partial charge in [-0.1, -0.05) is 0 Å². The number of pyridine rings is 2. The number of carbonyl (C=O) groups is 1. The van der Waals surface area contributed by atoms with Crippen LogP contribution in [0.2, 0.25) is 0 Å². The van der Waals surface area contributed by atoms with Crippen LogP contribution in [-0.4, -0.2) is 22.5 Å². The first-order valence-corrected chi connectivity index (χ1v) is 9.01. The number of rotatable bonds is 3. The number of nitriles is 1. The van der Waals surface area contributed by atoms with Gasteiger partial charge in [-0.05, 0) is 37.6 Å². The molecular weight excluding hydrogens is 375 g/mol. The smallest absolute Gasteiger partial charge is 0.252 e. The lowest BCUT2D eigenvalue weighted by atomic mass is 10.0. The summed E-state index contributed by atoms with van der Waals surface area (Å²) in [7, 11) is 0. The van der Waals surface area contributed by atoms with Crippen molar-refractivity contribution in [2.24, 2.45) is 0 Å². The molecule has 7 nitrogen and oxygen atoms in total. The molecule has 8 heteroatoms. The molecule has 0 aliphatic carbocycles. The fourth-order valence-corrected chi connectivity index (χ4v) is 3.77. The van der Waals surface area contributed by atoms with Crippen LogP contribution in [0.5, 0.6) is 5.75 Å². The topological polar surface area (TPSA) is 108 Å². The summed E-state index contributed by atoms with van der Waals surface area (Å²) in [6.07, 6.45) is 1.46. The van der Waals surface area contributed by atoms with Crippen LogP contribution in [0.1, 0.15) is 34.0 Å². The standard InChI is InChI=1S/C21H17FN4O3/c1-10-13(21(28)26-15-3-4-24-11(2)19(10)15)7-18(27)25-16-9-29-17-6-12(8-23)5-14(22)20(16)17/h3-6,16H,7,9H2,1-2H3,(H,25,27)(H,26,28)/t16-/m1/s1. The molecule has 0 saturated heterocycles. The van der Waals surface area contributed by atoms with Gasteiger partial charge in [0, 0.05) is 22.8 Å². The molecular formula is C21H17FN4O3. The Bertz CT molecular complexity index is 1260. The van der Waals surface area contributed by atoms with Gasteiger partial charge in [0.1, 0.15) is 18.2 Å². The molecule has 2 aromatic heterocycles. The molecule has 0 fully saturated rings. The molecule has 1 aliphatic rings. The van der Waals surface area contributed by atoms with Gasteiger partial charge in [0.05, 0.1) is 35.2 Å². The molecule has 4 rings (SSSR count). The average molecular weight is 392 g/mol. The molecule has 0 saturated carbocycles. The molecule has 1 aliphatic heterocycles. The Kier molecular flexibility index (Phi) is 4.51. The molecule has 0 bridgehead atoms. The Labute approximate surface area is 165 Å². The van der Waals surface area contributed by atoms with Crippen LogP contribution in [0, 0.1) is 31.0 Å². The minimum atomic E-state index is -0.687. The maximum atomic E-state index is 14.4. The number of nitrogens with one attached hydrogen (secondary N) is 2. The Morgan fingerprint density at radius 3 is 3.00 bits per heavy atom. The number of ether oxygens (including phenoxy) is 1. The van der Waals surface area contributed by atoms with Gasteiger partial charge in [-0.15, -0.1) is 0 Å². The van der Waals surface area contributed by atoms with E-state index in [0.717, 1.165) is 17.1 Å². The van der Waals surface area contributed by atoms with Gasteiger partial charge in [0.25, 0.3) is 5.56 Å². The van der Waals surface area contributed by atoms with Gasteiger partial charge in [0.15, 0.2) is 0 Å². The van der Waals surface area contributed by atoms with Crippen molar-refractivity contribution in [2.45, 2.75) is 26.3 Å². The summed E-state index contributed by atoms with van der Waals surface area (Å²) in [4.78, 5) is 32.1. The number of fused-ring (bicyclic) bond motifs is 2. The van der Waals surface area contributed by atoms with Gasteiger partial charge in [-0.2, -0.15) is 5.26 Å². The first-order chi connectivity index (χ1) is 13.9. The summed E-state index contributed by atoms with van der Waals surface area (Å²) >= 11 is 0. The first-order valence-electron chi connectivity index (χ1n) is 9.01. The summed E-state index contributed by atoms with van der Waals surface area (Å²) in [5.74, 6) is -0.790. The minimum absolute atomic E-state index is 0.0585. The zero-order chi connectivity index (χ0) is 20.7. The molecule has 29 heavy (non-hydrogen) atoms. The second-order valence-electron chi connectivity index (χ2n) is 6.97. The summed E-state index contributed by atoms with van der Waals surface area (Å²) in [6, 6.07) is 5.45. The number of carbonyl (C=O) groups excluding carboxylic acids is 1. The second-order valence-corrected chi connectivity index (χ2v) is 6.97. The summed E-state index contributed by atoms with van der Waals surface area (Å²) in [6.45, 7) is 3.68. The maximum absolute atomic E-state index is 14.4. The monoisotopic (exact) mass is 392 g/mol. The Balaban J connectivity index is 1.61. The van der Waals surface area contributed by atoms with E-state index in [4.69, 9.17) is 10.00 Å². The third-order valence-electron chi connectivity index (χ3n) is 5.14. The Morgan fingerprint density at radius 2 is 2.24 bits per heavy atom. The van der Waals surface area contributed by atoms with Crippen molar-refractivity contribution in [3.63, 3.8) is 0 Å². The van der Waals surface area contributed by atoms with Crippen molar-refractivity contribution in [3.05, 3.63) is 68.5 Å². The molecule has 1 atom stereocenters. The fraction of sp³-hybridized carbons (Fsp3) is 0.238. The van der Waals surface area contributed by atoms with E-state index in [9.17, 15) is 14.0 Å². The van der Waals surface area contributed by atoms with E-state index < -0.39 is 17.8 Å². The Hall–Kier alpha value is -3.73. The summed E-state index contributed by atoms with van der Waals surface area (Å²) < 4.78 is 19.8. The van der Waals surface area contributed by atoms with E-state index in [1.807, 2.05) is 13.0 Å². The van der Waals surface area contributed by atoms with E-state index in [2.05, 4.69) is 15.3 Å². The molecule has 3 aromatic rings. The van der Waals surface area contributed by atoms with E-state index in [-0.39, 0.29) is 35.5 Å². The van der Waals surface area contributed by atoms with E-state index in [1.54, 1.807) is 19.2 Å². The zero-order valence-corrected chi connectivity index (χ0v) is 15.8. The van der Waals surface area contributed by atoms with Crippen LogP contribution < -0.4 is 15.6 Å². The Morgan fingerprint density at radius 1 is 1.45 bits per heavy atom. The van der Waals surface area contributed by atoms with Gasteiger partial charge >= 0.3 is 0 Å². The second kappa shape index (κ2) is 7.02. The molecule has 0 radical (unpaired) electrons. The van der Waals surface area contributed by atoms with Crippen LogP contribution in [0.4, 0.5) is 4.39 Å². The number of aryl methyl sites for hydroxylation is 2. The lowest BCUT2D eigenvalue weighted by Crippen LogP contribution is -2.33. The molecule has 2 N–H and O–H groups in total. The predicted octanol–water partition coefficient (Wildman–Crippen LogP) is 2.34. The highest BCUT2D eigenvalue weighted by Crippen LogP contribution is 2.35. The number of hydrogen-bond donors (Lipinski definition) is 2. The number of benzene rings is 1. The molecule has 3 heterocycles. The van der Waals surface area contributed by atoms with Gasteiger partial charge in [-0.3, -0.25) is 14.6 Å². The van der Waals surface area contributed by atoms with Crippen LogP contribution >= 0.6 is 0 Å². The number of aromatic nitrogens is 2. The highest BCUT2D eigenvalue weighted by Gasteiger charge is 2.30. The van der Waals surface area contributed by atoms with Crippen molar-refractivity contribution < 1.29 is 13.9 Å². The molecule has 1 aromatic carbocycles. The SMILES string of the molecule is Cc1nccc2[nH]c(=O)c(CC(=O)N[C@@H]3COc4cc(C#N)cc(F)c43)c(C)c12. The quantitative estimate of drug-likeness (QED) is 0.711. The largest absolute Gasteiger partial charge is 0.491 e. The zero-order valence-electron chi connectivity index (χ0n) is 15.8. The highest BCUT2D eigenvalue weighted by molar-refractivity contribution is 5.87. The number of hydrogen-bond acceptors (Lipinski definition) is 5. The summed E-state index contributed by atoms with van der Waals surface area (Å²) in [5, 5.41) is 12.5. The molecule has 146 valence electrons. The van der Waals surface area contributed by atoms with E-state index >= 15 is 0 Å². The van der Waals surface area contributed by atoms with Crippen molar-refractivity contribution in [3.8, 4) is 11.8 Å².